The molecule has 1 aliphatic heterocycles. The first-order chi connectivity index (χ1) is 11.0. The lowest BCUT2D eigenvalue weighted by atomic mass is 10.1. The number of halogens is 2. The molecule has 0 spiro atoms. The Balaban J connectivity index is 3.16. The highest BCUT2D eigenvalue weighted by molar-refractivity contribution is 5.85. The van der Waals surface area contributed by atoms with Crippen molar-refractivity contribution in [2.45, 2.75) is 64.1 Å². The number of hydrogen-bond donors (Lipinski definition) is 0. The summed E-state index contributed by atoms with van der Waals surface area (Å²) in [6.07, 6.45) is -1.43. The molecule has 138 valence electrons. The lowest BCUT2D eigenvalue weighted by Gasteiger charge is -2.34. The SMILES string of the molecule is CCOC(=O)C(F)(F)C1CC[C@@H](C(=O)OC)N1C(=O)OC(C)(C)C. The Labute approximate surface area is 139 Å². The number of likely N-dealkylation sites (tertiary alicyclic amines) is 1. The normalized spacial score (nSPS) is 21.4. The van der Waals surface area contributed by atoms with Gasteiger partial charge in [-0.15, -0.1) is 0 Å². The van der Waals surface area contributed by atoms with Gasteiger partial charge in [0.1, 0.15) is 17.7 Å². The third kappa shape index (κ3) is 4.33. The molecule has 0 aliphatic carbocycles. The van der Waals surface area contributed by atoms with E-state index in [0.717, 1.165) is 7.11 Å². The van der Waals surface area contributed by atoms with Crippen molar-refractivity contribution in [2.75, 3.05) is 13.7 Å². The molecule has 9 heteroatoms. The van der Waals surface area contributed by atoms with Crippen LogP contribution < -0.4 is 0 Å². The van der Waals surface area contributed by atoms with Crippen molar-refractivity contribution in [3.63, 3.8) is 0 Å². The Morgan fingerprint density at radius 1 is 1.17 bits per heavy atom. The molecule has 1 saturated heterocycles. The Kier molecular flexibility index (Phi) is 6.13. The van der Waals surface area contributed by atoms with Crippen molar-refractivity contribution in [1.29, 1.82) is 0 Å². The fourth-order valence-corrected chi connectivity index (χ4v) is 2.47. The van der Waals surface area contributed by atoms with Gasteiger partial charge >= 0.3 is 24.0 Å². The molecule has 1 amide bonds. The Morgan fingerprint density at radius 2 is 1.75 bits per heavy atom. The fourth-order valence-electron chi connectivity index (χ4n) is 2.47. The first-order valence-corrected chi connectivity index (χ1v) is 7.59. The summed E-state index contributed by atoms with van der Waals surface area (Å²) < 4.78 is 42.9. The second kappa shape index (κ2) is 7.31. The van der Waals surface area contributed by atoms with Gasteiger partial charge in [-0.3, -0.25) is 4.90 Å². The molecule has 0 N–H and O–H groups in total. The van der Waals surface area contributed by atoms with Crippen LogP contribution in [-0.4, -0.2) is 60.3 Å². The molecule has 0 bridgehead atoms. The van der Waals surface area contributed by atoms with Crippen LogP contribution in [0.25, 0.3) is 0 Å². The highest BCUT2D eigenvalue weighted by atomic mass is 19.3. The van der Waals surface area contributed by atoms with Gasteiger partial charge in [0.05, 0.1) is 13.7 Å². The van der Waals surface area contributed by atoms with Crippen LogP contribution in [0.2, 0.25) is 0 Å². The van der Waals surface area contributed by atoms with Crippen molar-refractivity contribution in [2.24, 2.45) is 0 Å². The molecule has 1 aliphatic rings. The zero-order valence-electron chi connectivity index (χ0n) is 14.4. The maximum absolute atomic E-state index is 14.4. The van der Waals surface area contributed by atoms with Crippen LogP contribution in [0.5, 0.6) is 0 Å². The maximum Gasteiger partial charge on any atom is 0.411 e. The topological polar surface area (TPSA) is 82.1 Å². The third-order valence-electron chi connectivity index (χ3n) is 3.43. The number of ether oxygens (including phenoxy) is 3. The number of amides is 1. The fraction of sp³-hybridized carbons (Fsp3) is 0.800. The van der Waals surface area contributed by atoms with E-state index in [4.69, 9.17) is 4.74 Å². The molecule has 2 atom stereocenters. The van der Waals surface area contributed by atoms with E-state index < -0.39 is 41.6 Å². The van der Waals surface area contributed by atoms with E-state index in [1.807, 2.05) is 0 Å². The predicted octanol–water partition coefficient (Wildman–Crippen LogP) is 2.13. The molecule has 1 rings (SSSR count). The number of hydrogen-bond acceptors (Lipinski definition) is 6. The molecular formula is C15H23F2NO6. The van der Waals surface area contributed by atoms with Gasteiger partial charge < -0.3 is 14.2 Å². The van der Waals surface area contributed by atoms with Crippen LogP contribution in [0.1, 0.15) is 40.5 Å². The highest BCUT2D eigenvalue weighted by Crippen LogP contribution is 2.37. The predicted molar refractivity (Wildman–Crippen MR) is 78.5 cm³/mol. The zero-order chi connectivity index (χ0) is 18.7. The second-order valence-electron chi connectivity index (χ2n) is 6.36. The number of alkyl halides is 2. The van der Waals surface area contributed by atoms with E-state index >= 15 is 0 Å². The van der Waals surface area contributed by atoms with Crippen molar-refractivity contribution in [3.05, 3.63) is 0 Å². The summed E-state index contributed by atoms with van der Waals surface area (Å²) >= 11 is 0. The molecule has 0 aromatic rings. The number of nitrogens with zero attached hydrogens (tertiary/aromatic N) is 1. The average Bonchev–Trinajstić information content (AvgIpc) is 2.90. The van der Waals surface area contributed by atoms with Crippen LogP contribution >= 0.6 is 0 Å². The van der Waals surface area contributed by atoms with E-state index in [9.17, 15) is 23.2 Å². The van der Waals surface area contributed by atoms with Crippen molar-refractivity contribution < 1.29 is 37.4 Å². The quantitative estimate of drug-likeness (QED) is 0.570. The summed E-state index contributed by atoms with van der Waals surface area (Å²) in [6.45, 7) is 5.85. The van der Waals surface area contributed by atoms with Gasteiger partial charge in [-0.25, -0.2) is 14.4 Å². The van der Waals surface area contributed by atoms with E-state index in [-0.39, 0.29) is 19.4 Å². The minimum Gasteiger partial charge on any atom is -0.467 e. The van der Waals surface area contributed by atoms with E-state index in [0.29, 0.717) is 4.90 Å². The number of carbonyl (C=O) groups excluding carboxylic acids is 3. The summed E-state index contributed by atoms with van der Waals surface area (Å²) in [6, 6.07) is -3.08. The third-order valence-corrected chi connectivity index (χ3v) is 3.43. The standard InChI is InChI=1S/C15H23F2NO6/c1-6-23-12(20)15(16,17)10-8-7-9(11(19)22-5)18(10)13(21)24-14(2,3)4/h9-10H,6-8H2,1-5H3/t9-,10?/m0/s1. The Hall–Kier alpha value is -1.93. The molecule has 24 heavy (non-hydrogen) atoms. The summed E-state index contributed by atoms with van der Waals surface area (Å²) in [7, 11) is 1.09. The number of carbonyl (C=O) groups is 3. The van der Waals surface area contributed by atoms with E-state index in [1.54, 1.807) is 20.8 Å². The molecule has 7 nitrogen and oxygen atoms in total. The van der Waals surface area contributed by atoms with Gasteiger partial charge in [-0.05, 0) is 40.5 Å². The van der Waals surface area contributed by atoms with Crippen LogP contribution in [0, 0.1) is 0 Å². The summed E-state index contributed by atoms with van der Waals surface area (Å²) in [5, 5.41) is 0. The van der Waals surface area contributed by atoms with Gasteiger partial charge in [0, 0.05) is 0 Å². The first-order valence-electron chi connectivity index (χ1n) is 7.59. The first kappa shape index (κ1) is 20.1. The van der Waals surface area contributed by atoms with Crippen molar-refractivity contribution in [3.8, 4) is 0 Å². The minimum atomic E-state index is -3.96. The van der Waals surface area contributed by atoms with Crippen LogP contribution in [0.4, 0.5) is 13.6 Å². The monoisotopic (exact) mass is 351 g/mol. The molecule has 1 fully saturated rings. The van der Waals surface area contributed by atoms with Crippen LogP contribution in [0.15, 0.2) is 0 Å². The Morgan fingerprint density at radius 3 is 2.21 bits per heavy atom. The number of methoxy groups -OCH3 is 1. The number of esters is 2. The summed E-state index contributed by atoms with van der Waals surface area (Å²) in [5.41, 5.74) is -0.954. The van der Waals surface area contributed by atoms with Gasteiger partial charge in [0.15, 0.2) is 0 Å². The molecular weight excluding hydrogens is 328 g/mol. The molecule has 0 radical (unpaired) electrons. The van der Waals surface area contributed by atoms with Crippen molar-refractivity contribution >= 4 is 18.0 Å². The Bertz CT molecular complexity index is 503. The smallest absolute Gasteiger partial charge is 0.411 e. The largest absolute Gasteiger partial charge is 0.467 e. The second-order valence-corrected chi connectivity index (χ2v) is 6.36. The highest BCUT2D eigenvalue weighted by Gasteiger charge is 2.59. The zero-order valence-corrected chi connectivity index (χ0v) is 14.4. The van der Waals surface area contributed by atoms with Gasteiger partial charge in [0.2, 0.25) is 0 Å². The lowest BCUT2D eigenvalue weighted by Crippen LogP contribution is -2.56. The summed E-state index contributed by atoms with van der Waals surface area (Å²) in [4.78, 5) is 36.3. The van der Waals surface area contributed by atoms with Crippen LogP contribution in [0.3, 0.4) is 0 Å². The van der Waals surface area contributed by atoms with Gasteiger partial charge in [-0.1, -0.05) is 0 Å². The average molecular weight is 351 g/mol. The van der Waals surface area contributed by atoms with Crippen molar-refractivity contribution in [1.82, 2.24) is 4.90 Å². The van der Waals surface area contributed by atoms with Gasteiger partial charge in [-0.2, -0.15) is 8.78 Å². The number of rotatable bonds is 4. The van der Waals surface area contributed by atoms with Gasteiger partial charge in [0.25, 0.3) is 0 Å². The lowest BCUT2D eigenvalue weighted by molar-refractivity contribution is -0.181. The maximum atomic E-state index is 14.4. The molecule has 1 unspecified atom stereocenters. The minimum absolute atomic E-state index is 0.0639. The summed E-state index contributed by atoms with van der Waals surface area (Å²) in [5.74, 6) is -6.55. The molecule has 0 aromatic heterocycles. The molecule has 1 heterocycles. The van der Waals surface area contributed by atoms with Crippen LogP contribution in [-0.2, 0) is 23.8 Å². The van der Waals surface area contributed by atoms with E-state index in [2.05, 4.69) is 9.47 Å². The molecule has 0 aromatic carbocycles. The van der Waals surface area contributed by atoms with E-state index in [1.165, 1.54) is 6.92 Å². The molecule has 0 saturated carbocycles.